The number of anilines is 1. The molecule has 1 fully saturated rings. The molecule has 0 saturated heterocycles. The number of aromatic amines is 1. The summed E-state index contributed by atoms with van der Waals surface area (Å²) >= 11 is 6.19. The Balaban J connectivity index is 1.17. The van der Waals surface area contributed by atoms with Crippen molar-refractivity contribution in [2.75, 3.05) is 11.9 Å². The molecule has 0 amide bonds. The lowest BCUT2D eigenvalue weighted by Crippen LogP contribution is -2.53. The van der Waals surface area contributed by atoms with Crippen LogP contribution in [0.15, 0.2) is 72.8 Å². The number of ether oxygens (including phenoxy) is 1. The maximum Gasteiger partial charge on any atom is 0.329 e. The van der Waals surface area contributed by atoms with E-state index >= 15 is 0 Å². The number of H-pyrrole nitrogens is 1. The smallest absolute Gasteiger partial charge is 0.329 e. The topological polar surface area (TPSA) is 74.3 Å². The number of halogens is 1. The Morgan fingerprint density at radius 3 is 2.64 bits per heavy atom. The monoisotopic (exact) mass is 542 g/mol. The van der Waals surface area contributed by atoms with Gasteiger partial charge < -0.3 is 20.1 Å². The number of nitrogens with one attached hydrogen (secondary N) is 2. The van der Waals surface area contributed by atoms with Gasteiger partial charge in [0.25, 0.3) is 0 Å². The Morgan fingerprint density at radius 2 is 1.85 bits per heavy atom. The summed E-state index contributed by atoms with van der Waals surface area (Å²) < 4.78 is 6.27. The Labute approximate surface area is 234 Å². The van der Waals surface area contributed by atoms with E-state index in [9.17, 15) is 9.90 Å². The van der Waals surface area contributed by atoms with Crippen molar-refractivity contribution in [3.05, 3.63) is 94.6 Å². The zero-order valence-corrected chi connectivity index (χ0v) is 23.1. The number of hydrogen-bond donors (Lipinski definition) is 3. The number of benzene rings is 3. The second-order valence-corrected chi connectivity index (χ2v) is 11.8. The van der Waals surface area contributed by atoms with Crippen LogP contribution in [0.3, 0.4) is 0 Å². The number of aryl methyl sites for hydroxylation is 1. The molecule has 0 aliphatic heterocycles. The van der Waals surface area contributed by atoms with Crippen molar-refractivity contribution in [3.63, 3.8) is 0 Å². The Hall–Kier alpha value is -3.44. The van der Waals surface area contributed by atoms with E-state index in [1.165, 1.54) is 11.1 Å². The van der Waals surface area contributed by atoms with E-state index in [4.69, 9.17) is 16.3 Å². The molecule has 2 aliphatic carbocycles. The number of rotatable bonds is 8. The second-order valence-electron chi connectivity index (χ2n) is 11.4. The number of carbonyl (C=O) groups is 1. The molecule has 1 spiro atoms. The zero-order valence-electron chi connectivity index (χ0n) is 22.3. The number of carboxylic acids is 1. The van der Waals surface area contributed by atoms with Crippen molar-refractivity contribution in [2.45, 2.75) is 62.8 Å². The number of carboxylic acid groups (broad SMARTS) is 1. The molecule has 0 bridgehead atoms. The first kappa shape index (κ1) is 25.8. The van der Waals surface area contributed by atoms with Crippen LogP contribution >= 0.6 is 11.6 Å². The van der Waals surface area contributed by atoms with Gasteiger partial charge in [-0.3, -0.25) is 0 Å². The minimum absolute atomic E-state index is 0.00329. The van der Waals surface area contributed by atoms with Gasteiger partial charge in [-0.1, -0.05) is 48.0 Å². The van der Waals surface area contributed by atoms with Crippen molar-refractivity contribution in [1.82, 2.24) is 4.98 Å². The van der Waals surface area contributed by atoms with Gasteiger partial charge in [-0.15, -0.1) is 0 Å². The van der Waals surface area contributed by atoms with Crippen molar-refractivity contribution >= 4 is 34.2 Å². The largest absolute Gasteiger partial charge is 0.493 e. The predicted molar refractivity (Wildman–Crippen MR) is 157 cm³/mol. The summed E-state index contributed by atoms with van der Waals surface area (Å²) in [5, 5.41) is 15.4. The average Bonchev–Trinajstić information content (AvgIpc) is 3.45. The average molecular weight is 543 g/mol. The minimum atomic E-state index is -0.992. The predicted octanol–water partition coefficient (Wildman–Crippen LogP) is 7.91. The first-order valence-electron chi connectivity index (χ1n) is 14.0. The summed E-state index contributed by atoms with van der Waals surface area (Å²) in [5.74, 6) is 0.613. The van der Waals surface area contributed by atoms with Gasteiger partial charge >= 0.3 is 5.97 Å². The fourth-order valence-electron chi connectivity index (χ4n) is 7.18. The van der Waals surface area contributed by atoms with Crippen LogP contribution < -0.4 is 10.1 Å². The van der Waals surface area contributed by atoms with Crippen molar-refractivity contribution in [2.24, 2.45) is 5.92 Å². The summed E-state index contributed by atoms with van der Waals surface area (Å²) in [4.78, 5) is 16.0. The van der Waals surface area contributed by atoms with Crippen molar-refractivity contribution < 1.29 is 14.6 Å². The van der Waals surface area contributed by atoms with Gasteiger partial charge in [0.1, 0.15) is 11.3 Å². The van der Waals surface area contributed by atoms with E-state index in [-0.39, 0.29) is 5.41 Å². The molecule has 1 heterocycles. The molecule has 6 rings (SSSR count). The van der Waals surface area contributed by atoms with E-state index in [1.807, 2.05) is 24.3 Å². The van der Waals surface area contributed by atoms with Gasteiger partial charge in [0.05, 0.1) is 6.61 Å². The third-order valence-corrected chi connectivity index (χ3v) is 9.36. The molecule has 4 aromatic rings. The molecule has 3 N–H and O–H groups in total. The van der Waals surface area contributed by atoms with Crippen molar-refractivity contribution in [3.8, 4) is 5.75 Å². The van der Waals surface area contributed by atoms with Gasteiger partial charge in [-0.05, 0) is 111 Å². The quantitative estimate of drug-likeness (QED) is 0.198. The van der Waals surface area contributed by atoms with Crippen LogP contribution in [0.4, 0.5) is 5.69 Å². The lowest BCUT2D eigenvalue weighted by molar-refractivity contribution is -0.144. The highest BCUT2D eigenvalue weighted by atomic mass is 35.5. The summed E-state index contributed by atoms with van der Waals surface area (Å²) in [6.07, 6.45) is 5.90. The van der Waals surface area contributed by atoms with Gasteiger partial charge in [0.2, 0.25) is 0 Å². The standard InChI is InChI=1S/C33H35ClN2O3/c1-22-19-27-29(35-22)12-5-13-30(27)39-18-6-8-24-20-23-7-2-3-11-28(23)32(24)14-16-33(17-15-32,31(37)38)36-26-10-4-9-25(34)21-26/h2-5,7,9-13,19,21,24,35-36H,6,8,14-18,20H2,1H3,(H,37,38). The lowest BCUT2D eigenvalue weighted by atomic mass is 9.60. The normalized spacial score (nSPS) is 24.1. The van der Waals surface area contributed by atoms with E-state index in [1.54, 1.807) is 12.1 Å². The molecule has 0 radical (unpaired) electrons. The summed E-state index contributed by atoms with van der Waals surface area (Å²) in [5.41, 5.74) is 4.84. The zero-order chi connectivity index (χ0) is 27.0. The maximum atomic E-state index is 12.6. The molecule has 1 saturated carbocycles. The van der Waals surface area contributed by atoms with Gasteiger partial charge in [-0.25, -0.2) is 4.79 Å². The number of fused-ring (bicyclic) bond motifs is 3. The highest BCUT2D eigenvalue weighted by Crippen LogP contribution is 2.55. The Bertz CT molecular complexity index is 1500. The Morgan fingerprint density at radius 1 is 1.05 bits per heavy atom. The lowest BCUT2D eigenvalue weighted by Gasteiger charge is -2.47. The van der Waals surface area contributed by atoms with Crippen LogP contribution in [-0.4, -0.2) is 28.2 Å². The first-order chi connectivity index (χ1) is 18.9. The fraction of sp³-hybridized carbons (Fsp3) is 0.364. The van der Waals surface area contributed by atoms with Gasteiger partial charge in [0, 0.05) is 27.3 Å². The highest BCUT2D eigenvalue weighted by Gasteiger charge is 2.53. The van der Waals surface area contributed by atoms with Crippen LogP contribution in [0.1, 0.15) is 55.3 Å². The van der Waals surface area contributed by atoms with E-state index < -0.39 is 11.5 Å². The Kier molecular flexibility index (Phi) is 6.80. The molecular weight excluding hydrogens is 508 g/mol. The summed E-state index contributed by atoms with van der Waals surface area (Å²) in [6.45, 7) is 2.73. The van der Waals surface area contributed by atoms with Crippen molar-refractivity contribution in [1.29, 1.82) is 0 Å². The van der Waals surface area contributed by atoms with Crippen LogP contribution in [0.2, 0.25) is 5.02 Å². The van der Waals surface area contributed by atoms with Crippen LogP contribution in [0, 0.1) is 12.8 Å². The maximum absolute atomic E-state index is 12.6. The summed E-state index contributed by atoms with van der Waals surface area (Å²) in [6, 6.07) is 24.4. The molecule has 39 heavy (non-hydrogen) atoms. The fourth-order valence-corrected chi connectivity index (χ4v) is 7.37. The van der Waals surface area contributed by atoms with E-state index in [2.05, 4.69) is 53.6 Å². The van der Waals surface area contributed by atoms with Crippen LogP contribution in [-0.2, 0) is 16.6 Å². The van der Waals surface area contributed by atoms with Crippen LogP contribution in [0.25, 0.3) is 10.9 Å². The SMILES string of the molecule is Cc1cc2c(OCCCC3Cc4ccccc4C34CCC(Nc3cccc(Cl)c3)(C(=O)O)CC4)cccc2[nH]1. The highest BCUT2D eigenvalue weighted by molar-refractivity contribution is 6.30. The number of aliphatic carboxylic acids is 1. The van der Waals surface area contributed by atoms with Gasteiger partial charge in [-0.2, -0.15) is 0 Å². The minimum Gasteiger partial charge on any atom is -0.493 e. The van der Waals surface area contributed by atoms with Gasteiger partial charge in [0.15, 0.2) is 0 Å². The number of hydrogen-bond acceptors (Lipinski definition) is 3. The molecule has 202 valence electrons. The second kappa shape index (κ2) is 10.3. The molecule has 2 aliphatic rings. The third-order valence-electron chi connectivity index (χ3n) is 9.13. The van der Waals surface area contributed by atoms with E-state index in [0.29, 0.717) is 30.4 Å². The molecule has 5 nitrogen and oxygen atoms in total. The molecular formula is C33H35ClN2O3. The first-order valence-corrected chi connectivity index (χ1v) is 14.3. The van der Waals surface area contributed by atoms with Crippen LogP contribution in [0.5, 0.6) is 5.75 Å². The molecule has 3 aromatic carbocycles. The molecule has 1 aromatic heterocycles. The molecule has 6 heteroatoms. The summed E-state index contributed by atoms with van der Waals surface area (Å²) in [7, 11) is 0. The molecule has 1 atom stereocenters. The van der Waals surface area contributed by atoms with E-state index in [0.717, 1.165) is 60.1 Å². The third kappa shape index (κ3) is 4.78. The molecule has 1 unspecified atom stereocenters. The number of aromatic nitrogens is 1.